The zero-order chi connectivity index (χ0) is 14.2. The molecule has 1 aromatic carbocycles. The van der Waals surface area contributed by atoms with Crippen molar-refractivity contribution in [1.29, 1.82) is 0 Å². The van der Waals surface area contributed by atoms with Gasteiger partial charge in [-0.15, -0.1) is 0 Å². The molecule has 1 aliphatic carbocycles. The van der Waals surface area contributed by atoms with Crippen LogP contribution in [0.1, 0.15) is 30.0 Å². The Morgan fingerprint density at radius 3 is 3.05 bits per heavy atom. The third-order valence-corrected chi connectivity index (χ3v) is 3.89. The Morgan fingerprint density at radius 2 is 2.19 bits per heavy atom. The largest absolute Gasteiger partial charge is 0.361 e. The van der Waals surface area contributed by atoms with Crippen LogP contribution in [0.5, 0.6) is 0 Å². The van der Waals surface area contributed by atoms with Crippen LogP contribution in [0, 0.1) is 0 Å². The molecule has 5 heteroatoms. The summed E-state index contributed by atoms with van der Waals surface area (Å²) in [6, 6.07) is 9.93. The van der Waals surface area contributed by atoms with Crippen molar-refractivity contribution in [2.24, 2.45) is 0 Å². The monoisotopic (exact) mass is 280 g/mol. The number of aromatic nitrogens is 3. The van der Waals surface area contributed by atoms with Gasteiger partial charge < -0.3 is 10.3 Å². The molecule has 0 bridgehead atoms. The highest BCUT2D eigenvalue weighted by Gasteiger charge is 2.26. The summed E-state index contributed by atoms with van der Waals surface area (Å²) in [5, 5.41) is 11.1. The highest BCUT2D eigenvalue weighted by atomic mass is 16.1. The number of fused-ring (bicyclic) bond motifs is 1. The Balaban J connectivity index is 1.47. The van der Waals surface area contributed by atoms with E-state index in [9.17, 15) is 4.79 Å². The highest BCUT2D eigenvalue weighted by molar-refractivity contribution is 5.95. The fourth-order valence-corrected chi connectivity index (χ4v) is 2.63. The lowest BCUT2D eigenvalue weighted by molar-refractivity contribution is -0.115. The predicted molar refractivity (Wildman–Crippen MR) is 81.2 cm³/mol. The van der Waals surface area contributed by atoms with Crippen molar-refractivity contribution in [1.82, 2.24) is 15.2 Å². The fourth-order valence-electron chi connectivity index (χ4n) is 2.63. The molecule has 2 aromatic heterocycles. The maximum atomic E-state index is 12.1. The molecule has 106 valence electrons. The number of benzene rings is 1. The van der Waals surface area contributed by atoms with Crippen molar-refractivity contribution >= 4 is 22.6 Å². The van der Waals surface area contributed by atoms with Crippen LogP contribution < -0.4 is 5.32 Å². The minimum Gasteiger partial charge on any atom is -0.361 e. The molecule has 0 spiro atoms. The van der Waals surface area contributed by atoms with Crippen molar-refractivity contribution in [2.75, 3.05) is 5.32 Å². The molecular weight excluding hydrogens is 264 g/mol. The van der Waals surface area contributed by atoms with E-state index >= 15 is 0 Å². The Bertz CT molecular complexity index is 797. The summed E-state index contributed by atoms with van der Waals surface area (Å²) in [5.41, 5.74) is 3.11. The van der Waals surface area contributed by atoms with Gasteiger partial charge >= 0.3 is 0 Å². The van der Waals surface area contributed by atoms with E-state index in [1.54, 1.807) is 0 Å². The standard InChI is InChI=1S/C16H16N4O/c21-16(18-15-8-14(19-20-15)10-5-6-10)7-11-9-17-13-4-2-1-3-12(11)13/h1-4,8-10,17H,5-7H2,(H2,18,19,20,21). The van der Waals surface area contributed by atoms with E-state index in [4.69, 9.17) is 0 Å². The Labute approximate surface area is 121 Å². The number of carbonyl (C=O) groups is 1. The first-order valence-corrected chi connectivity index (χ1v) is 7.20. The number of hydrogen-bond acceptors (Lipinski definition) is 2. The van der Waals surface area contributed by atoms with Gasteiger partial charge in [0.25, 0.3) is 0 Å². The first kappa shape index (κ1) is 12.2. The van der Waals surface area contributed by atoms with Gasteiger partial charge in [-0.25, -0.2) is 0 Å². The summed E-state index contributed by atoms with van der Waals surface area (Å²) < 4.78 is 0. The minimum absolute atomic E-state index is 0.0363. The topological polar surface area (TPSA) is 73.6 Å². The summed E-state index contributed by atoms with van der Waals surface area (Å²) >= 11 is 0. The van der Waals surface area contributed by atoms with E-state index in [-0.39, 0.29) is 5.91 Å². The van der Waals surface area contributed by atoms with Gasteiger partial charge in [0.15, 0.2) is 0 Å². The quantitative estimate of drug-likeness (QED) is 0.687. The lowest BCUT2D eigenvalue weighted by Crippen LogP contribution is -2.14. The van der Waals surface area contributed by atoms with Gasteiger partial charge in [-0.1, -0.05) is 18.2 Å². The maximum absolute atomic E-state index is 12.1. The average molecular weight is 280 g/mol. The van der Waals surface area contributed by atoms with E-state index in [2.05, 4.69) is 20.5 Å². The molecule has 0 aliphatic heterocycles. The molecule has 1 aliphatic rings. The molecule has 0 atom stereocenters. The van der Waals surface area contributed by atoms with Gasteiger partial charge in [-0.3, -0.25) is 9.89 Å². The number of para-hydroxylation sites is 1. The van der Waals surface area contributed by atoms with Crippen LogP contribution >= 0.6 is 0 Å². The van der Waals surface area contributed by atoms with E-state index in [0.717, 1.165) is 22.2 Å². The van der Waals surface area contributed by atoms with Crippen molar-refractivity contribution < 1.29 is 4.79 Å². The molecule has 1 fully saturated rings. The number of hydrogen-bond donors (Lipinski definition) is 3. The number of rotatable bonds is 4. The van der Waals surface area contributed by atoms with Crippen molar-refractivity contribution in [3.63, 3.8) is 0 Å². The number of anilines is 1. The number of nitrogens with zero attached hydrogens (tertiary/aromatic N) is 1. The Kier molecular flexibility index (Phi) is 2.77. The van der Waals surface area contributed by atoms with Crippen LogP contribution in [-0.2, 0) is 11.2 Å². The van der Waals surface area contributed by atoms with Gasteiger partial charge in [-0.2, -0.15) is 5.10 Å². The molecule has 0 saturated heterocycles. The molecule has 3 N–H and O–H groups in total. The van der Waals surface area contributed by atoms with Gasteiger partial charge in [0.1, 0.15) is 5.82 Å². The molecule has 3 aromatic rings. The zero-order valence-electron chi connectivity index (χ0n) is 11.5. The molecule has 4 rings (SSSR count). The summed E-state index contributed by atoms with van der Waals surface area (Å²) in [4.78, 5) is 15.3. The van der Waals surface area contributed by atoms with E-state index in [1.165, 1.54) is 12.8 Å². The van der Waals surface area contributed by atoms with Gasteiger partial charge in [0.05, 0.1) is 12.1 Å². The summed E-state index contributed by atoms with van der Waals surface area (Å²) in [5.74, 6) is 1.23. The second-order valence-electron chi connectivity index (χ2n) is 5.57. The fraction of sp³-hybridized carbons (Fsp3) is 0.250. The molecule has 0 radical (unpaired) electrons. The van der Waals surface area contributed by atoms with Gasteiger partial charge in [-0.05, 0) is 24.5 Å². The Morgan fingerprint density at radius 1 is 1.33 bits per heavy atom. The van der Waals surface area contributed by atoms with Crippen LogP contribution in [0.4, 0.5) is 5.82 Å². The third-order valence-electron chi connectivity index (χ3n) is 3.89. The lowest BCUT2D eigenvalue weighted by atomic mass is 10.1. The van der Waals surface area contributed by atoms with Gasteiger partial charge in [0, 0.05) is 29.1 Å². The minimum atomic E-state index is -0.0363. The summed E-state index contributed by atoms with van der Waals surface area (Å²) in [6.45, 7) is 0. The van der Waals surface area contributed by atoms with E-state index < -0.39 is 0 Å². The number of amides is 1. The number of nitrogens with one attached hydrogen (secondary N) is 3. The zero-order valence-corrected chi connectivity index (χ0v) is 11.5. The molecule has 2 heterocycles. The number of aromatic amines is 2. The first-order valence-electron chi connectivity index (χ1n) is 7.20. The SMILES string of the molecule is O=C(Cc1c[nH]c2ccccc12)Nc1cc(C2CC2)n[nH]1. The van der Waals surface area contributed by atoms with Crippen LogP contribution in [0.2, 0.25) is 0 Å². The van der Waals surface area contributed by atoms with Crippen LogP contribution in [0.3, 0.4) is 0 Å². The van der Waals surface area contributed by atoms with Gasteiger partial charge in [0.2, 0.25) is 5.91 Å². The lowest BCUT2D eigenvalue weighted by Gasteiger charge is -2.01. The molecule has 5 nitrogen and oxygen atoms in total. The summed E-state index contributed by atoms with van der Waals surface area (Å²) in [7, 11) is 0. The number of H-pyrrole nitrogens is 2. The van der Waals surface area contributed by atoms with Crippen molar-refractivity contribution in [3.05, 3.63) is 47.8 Å². The van der Waals surface area contributed by atoms with Crippen LogP contribution in [0.15, 0.2) is 36.5 Å². The van der Waals surface area contributed by atoms with Crippen molar-refractivity contribution in [3.8, 4) is 0 Å². The van der Waals surface area contributed by atoms with E-state index in [0.29, 0.717) is 18.2 Å². The Hall–Kier alpha value is -2.56. The molecule has 1 saturated carbocycles. The predicted octanol–water partition coefficient (Wildman–Crippen LogP) is 2.95. The molecule has 21 heavy (non-hydrogen) atoms. The van der Waals surface area contributed by atoms with Crippen LogP contribution in [0.25, 0.3) is 10.9 Å². The maximum Gasteiger partial charge on any atom is 0.230 e. The molecule has 0 unspecified atom stereocenters. The number of carbonyl (C=O) groups excluding carboxylic acids is 1. The first-order chi connectivity index (χ1) is 10.3. The van der Waals surface area contributed by atoms with Crippen molar-refractivity contribution in [2.45, 2.75) is 25.2 Å². The summed E-state index contributed by atoms with van der Waals surface area (Å²) in [6.07, 6.45) is 4.65. The average Bonchev–Trinajstić information content (AvgIpc) is 3.12. The van der Waals surface area contributed by atoms with E-state index in [1.807, 2.05) is 36.5 Å². The smallest absolute Gasteiger partial charge is 0.230 e. The third kappa shape index (κ3) is 2.42. The highest BCUT2D eigenvalue weighted by Crippen LogP contribution is 2.39. The van der Waals surface area contributed by atoms with Crippen LogP contribution in [-0.4, -0.2) is 21.1 Å². The molecular formula is C16H16N4O. The molecule has 1 amide bonds. The normalized spacial score (nSPS) is 14.5. The second kappa shape index (κ2) is 4.77. The second-order valence-corrected chi connectivity index (χ2v) is 5.57.